The summed E-state index contributed by atoms with van der Waals surface area (Å²) in [5.74, 6) is -0.765. The average molecular weight is 410 g/mol. The van der Waals surface area contributed by atoms with Crippen LogP contribution in [0.4, 0.5) is 13.2 Å². The molecule has 0 fully saturated rings. The largest absolute Gasteiger partial charge is 0.435 e. The molecule has 0 saturated heterocycles. The van der Waals surface area contributed by atoms with Gasteiger partial charge in [0.2, 0.25) is 5.91 Å². The average Bonchev–Trinajstić information content (AvgIpc) is 2.66. The van der Waals surface area contributed by atoms with Crippen LogP contribution in [0.5, 0.6) is 5.75 Å². The van der Waals surface area contributed by atoms with Gasteiger partial charge in [0.25, 0.3) is 5.91 Å². The quantitative estimate of drug-likeness (QED) is 0.765. The van der Waals surface area contributed by atoms with Gasteiger partial charge < -0.3 is 15.4 Å². The van der Waals surface area contributed by atoms with E-state index >= 15 is 0 Å². The number of nitrogens with one attached hydrogen (secondary N) is 2. The maximum Gasteiger partial charge on any atom is 0.387 e. The van der Waals surface area contributed by atoms with E-state index in [1.54, 1.807) is 17.8 Å². The van der Waals surface area contributed by atoms with Crippen LogP contribution in [0, 0.1) is 5.82 Å². The first kappa shape index (κ1) is 20.1. The molecule has 1 unspecified atom stereocenters. The Kier molecular flexibility index (Phi) is 6.45. The highest BCUT2D eigenvalue weighted by Gasteiger charge is 2.23. The summed E-state index contributed by atoms with van der Waals surface area (Å²) in [5, 5.41) is 5.22. The maximum absolute atomic E-state index is 13.5. The zero-order valence-corrected chi connectivity index (χ0v) is 15.4. The predicted octanol–water partition coefficient (Wildman–Crippen LogP) is 3.51. The van der Waals surface area contributed by atoms with Crippen LogP contribution in [0.3, 0.4) is 0 Å². The molecule has 2 N–H and O–H groups in total. The molecule has 0 aromatic heterocycles. The molecule has 0 saturated carbocycles. The smallest absolute Gasteiger partial charge is 0.387 e. The number of carbonyl (C=O) groups is 2. The number of hydrogen-bond acceptors (Lipinski definition) is 4. The fraction of sp³-hybridized carbons (Fsp3) is 0.263. The highest BCUT2D eigenvalue weighted by atomic mass is 32.2. The lowest BCUT2D eigenvalue weighted by molar-refractivity contribution is -0.120. The molecule has 0 bridgehead atoms. The van der Waals surface area contributed by atoms with E-state index < -0.39 is 18.4 Å². The minimum absolute atomic E-state index is 0.0902. The van der Waals surface area contributed by atoms with Crippen LogP contribution in [0.2, 0.25) is 0 Å². The fourth-order valence-electron chi connectivity index (χ4n) is 2.84. The van der Waals surface area contributed by atoms with Crippen molar-refractivity contribution in [3.8, 4) is 5.75 Å². The van der Waals surface area contributed by atoms with Gasteiger partial charge in [0, 0.05) is 16.2 Å². The number of alkyl halides is 2. The van der Waals surface area contributed by atoms with Gasteiger partial charge in [-0.2, -0.15) is 8.78 Å². The Morgan fingerprint density at radius 3 is 2.82 bits per heavy atom. The summed E-state index contributed by atoms with van der Waals surface area (Å²) in [4.78, 5) is 25.3. The van der Waals surface area contributed by atoms with Crippen molar-refractivity contribution in [2.24, 2.45) is 0 Å². The van der Waals surface area contributed by atoms with Gasteiger partial charge >= 0.3 is 6.61 Å². The van der Waals surface area contributed by atoms with Crippen LogP contribution in [-0.2, 0) is 4.79 Å². The van der Waals surface area contributed by atoms with Gasteiger partial charge in [0.1, 0.15) is 11.6 Å². The number of rotatable bonds is 6. The third kappa shape index (κ3) is 5.19. The normalized spacial score (nSPS) is 15.6. The standard InChI is InChI=1S/C19H17F3N2O3S/c20-12-4-5-16-14(9-12)15(6-7-28-16)24-17(25)10-23-18(26)11-2-1-3-13(8-11)27-19(21)22/h1-5,8-9,15,19H,6-7,10H2,(H,23,26)(H,24,25). The third-order valence-electron chi connectivity index (χ3n) is 4.08. The number of amides is 2. The molecule has 9 heteroatoms. The molecule has 0 aliphatic carbocycles. The second-order valence-electron chi connectivity index (χ2n) is 6.03. The van der Waals surface area contributed by atoms with Gasteiger partial charge in [0.15, 0.2) is 0 Å². The van der Waals surface area contributed by atoms with E-state index in [9.17, 15) is 22.8 Å². The molecular formula is C19H17F3N2O3S. The first-order valence-corrected chi connectivity index (χ1v) is 9.45. The Bertz CT molecular complexity index is 879. The summed E-state index contributed by atoms with van der Waals surface area (Å²) in [6, 6.07) is 9.41. The number of carbonyl (C=O) groups excluding carboxylic acids is 2. The molecule has 1 heterocycles. The number of benzene rings is 2. The second-order valence-corrected chi connectivity index (χ2v) is 7.17. The summed E-state index contributed by atoms with van der Waals surface area (Å²) >= 11 is 1.60. The molecule has 2 amide bonds. The zero-order chi connectivity index (χ0) is 20.1. The van der Waals surface area contributed by atoms with Crippen molar-refractivity contribution in [1.82, 2.24) is 10.6 Å². The predicted molar refractivity (Wildman–Crippen MR) is 98.0 cm³/mol. The highest BCUT2D eigenvalue weighted by Crippen LogP contribution is 2.36. The van der Waals surface area contributed by atoms with Gasteiger partial charge in [-0.25, -0.2) is 4.39 Å². The molecule has 0 spiro atoms. The Morgan fingerprint density at radius 1 is 1.21 bits per heavy atom. The van der Waals surface area contributed by atoms with Crippen molar-refractivity contribution in [2.45, 2.75) is 24.0 Å². The lowest BCUT2D eigenvalue weighted by Gasteiger charge is -2.26. The number of fused-ring (bicyclic) bond motifs is 1. The Labute approximate surface area is 163 Å². The lowest BCUT2D eigenvalue weighted by Crippen LogP contribution is -2.39. The minimum atomic E-state index is -2.99. The highest BCUT2D eigenvalue weighted by molar-refractivity contribution is 7.99. The molecule has 1 aliphatic heterocycles. The Morgan fingerprint density at radius 2 is 2.04 bits per heavy atom. The first-order chi connectivity index (χ1) is 13.4. The van der Waals surface area contributed by atoms with E-state index in [-0.39, 0.29) is 29.7 Å². The number of thioether (sulfide) groups is 1. The van der Waals surface area contributed by atoms with E-state index in [1.165, 1.54) is 30.3 Å². The Balaban J connectivity index is 1.57. The van der Waals surface area contributed by atoms with Crippen LogP contribution in [0.1, 0.15) is 28.4 Å². The van der Waals surface area contributed by atoms with Gasteiger partial charge in [-0.15, -0.1) is 11.8 Å². The molecular weight excluding hydrogens is 393 g/mol. The van der Waals surface area contributed by atoms with Crippen LogP contribution in [0.25, 0.3) is 0 Å². The molecule has 2 aromatic carbocycles. The Hall–Kier alpha value is -2.68. The lowest BCUT2D eigenvalue weighted by atomic mass is 10.0. The van der Waals surface area contributed by atoms with Crippen LogP contribution in [-0.4, -0.2) is 30.7 Å². The number of halogens is 3. The molecule has 148 valence electrons. The van der Waals surface area contributed by atoms with E-state index in [0.29, 0.717) is 12.0 Å². The van der Waals surface area contributed by atoms with Crippen molar-refractivity contribution in [3.63, 3.8) is 0 Å². The number of hydrogen-bond donors (Lipinski definition) is 2. The fourth-order valence-corrected chi connectivity index (χ4v) is 3.94. The van der Waals surface area contributed by atoms with Crippen molar-refractivity contribution in [2.75, 3.05) is 12.3 Å². The molecule has 2 aromatic rings. The van der Waals surface area contributed by atoms with Gasteiger partial charge in [-0.3, -0.25) is 9.59 Å². The molecule has 0 radical (unpaired) electrons. The summed E-state index contributed by atoms with van der Waals surface area (Å²) in [6.45, 7) is -3.29. The number of ether oxygens (including phenoxy) is 1. The maximum atomic E-state index is 13.5. The van der Waals surface area contributed by atoms with Crippen molar-refractivity contribution in [3.05, 3.63) is 59.4 Å². The van der Waals surface area contributed by atoms with Crippen LogP contribution in [0.15, 0.2) is 47.4 Å². The first-order valence-electron chi connectivity index (χ1n) is 8.47. The molecule has 28 heavy (non-hydrogen) atoms. The topological polar surface area (TPSA) is 67.4 Å². The van der Waals surface area contributed by atoms with E-state index in [0.717, 1.165) is 16.7 Å². The summed E-state index contributed by atoms with van der Waals surface area (Å²) in [6.07, 6.45) is 0.647. The molecule has 1 atom stereocenters. The van der Waals surface area contributed by atoms with E-state index in [1.807, 2.05) is 0 Å². The van der Waals surface area contributed by atoms with Crippen LogP contribution >= 0.6 is 11.8 Å². The van der Waals surface area contributed by atoms with Gasteiger partial charge in [-0.05, 0) is 48.4 Å². The second kappa shape index (κ2) is 9.01. The van der Waals surface area contributed by atoms with Crippen molar-refractivity contribution >= 4 is 23.6 Å². The molecule has 5 nitrogen and oxygen atoms in total. The van der Waals surface area contributed by atoms with E-state index in [4.69, 9.17) is 0 Å². The van der Waals surface area contributed by atoms with E-state index in [2.05, 4.69) is 15.4 Å². The molecule has 1 aliphatic rings. The SMILES string of the molecule is O=C(CNC(=O)c1cccc(OC(F)F)c1)NC1CCSc2ccc(F)cc21. The monoisotopic (exact) mass is 410 g/mol. The van der Waals surface area contributed by atoms with Gasteiger partial charge in [-0.1, -0.05) is 6.07 Å². The minimum Gasteiger partial charge on any atom is -0.435 e. The summed E-state index contributed by atoms with van der Waals surface area (Å²) < 4.78 is 42.3. The van der Waals surface area contributed by atoms with Gasteiger partial charge in [0.05, 0.1) is 12.6 Å². The summed E-state index contributed by atoms with van der Waals surface area (Å²) in [7, 11) is 0. The third-order valence-corrected chi connectivity index (χ3v) is 5.20. The summed E-state index contributed by atoms with van der Waals surface area (Å²) in [5.41, 5.74) is 0.806. The van der Waals surface area contributed by atoms with Crippen molar-refractivity contribution < 1.29 is 27.5 Å². The van der Waals surface area contributed by atoms with Crippen molar-refractivity contribution in [1.29, 1.82) is 0 Å². The zero-order valence-electron chi connectivity index (χ0n) is 14.6. The van der Waals surface area contributed by atoms with Crippen LogP contribution < -0.4 is 15.4 Å². The molecule has 3 rings (SSSR count).